The van der Waals surface area contributed by atoms with Crippen LogP contribution in [-0.2, 0) is 11.3 Å². The van der Waals surface area contributed by atoms with Gasteiger partial charge in [0.05, 0.1) is 19.1 Å². The molecule has 0 atom stereocenters. The monoisotopic (exact) mass is 340 g/mol. The molecule has 1 aromatic carbocycles. The van der Waals surface area contributed by atoms with Gasteiger partial charge in [-0.3, -0.25) is 14.2 Å². The Morgan fingerprint density at radius 1 is 1.32 bits per heavy atom. The lowest BCUT2D eigenvalue weighted by Gasteiger charge is -2.09. The van der Waals surface area contributed by atoms with Crippen molar-refractivity contribution in [3.05, 3.63) is 58.8 Å². The number of carbonyl (C=O) groups excluding carboxylic acids is 1. The topological polar surface area (TPSA) is 99.2 Å². The quantitative estimate of drug-likeness (QED) is 0.761. The van der Waals surface area contributed by atoms with Crippen molar-refractivity contribution >= 4 is 11.7 Å². The molecule has 2 aromatic heterocycles. The maximum atomic E-state index is 12.3. The molecule has 2 heterocycles. The number of nitrogens with one attached hydrogen (secondary N) is 1. The number of nitrogens with zero attached hydrogens (tertiary/aromatic N) is 3. The van der Waals surface area contributed by atoms with E-state index in [1.54, 1.807) is 26.2 Å². The van der Waals surface area contributed by atoms with Crippen molar-refractivity contribution in [3.8, 4) is 17.0 Å². The highest BCUT2D eigenvalue weighted by Crippen LogP contribution is 2.26. The van der Waals surface area contributed by atoms with Crippen LogP contribution >= 0.6 is 0 Å². The summed E-state index contributed by atoms with van der Waals surface area (Å²) >= 11 is 0. The largest absolute Gasteiger partial charge is 0.496 e. The molecule has 1 amide bonds. The first-order valence-electron chi connectivity index (χ1n) is 7.50. The third kappa shape index (κ3) is 3.74. The molecule has 0 bridgehead atoms. The first-order valence-corrected chi connectivity index (χ1v) is 7.50. The van der Waals surface area contributed by atoms with E-state index >= 15 is 0 Å². The second-order valence-electron chi connectivity index (χ2n) is 5.31. The number of hydrogen-bond donors (Lipinski definition) is 1. The van der Waals surface area contributed by atoms with E-state index in [1.807, 2.05) is 18.2 Å². The third-order valence-corrected chi connectivity index (χ3v) is 3.47. The predicted octanol–water partition coefficient (Wildman–Crippen LogP) is 1.85. The van der Waals surface area contributed by atoms with Gasteiger partial charge in [0.2, 0.25) is 5.91 Å². The van der Waals surface area contributed by atoms with Gasteiger partial charge in [0.15, 0.2) is 5.82 Å². The van der Waals surface area contributed by atoms with Crippen LogP contribution in [0.5, 0.6) is 5.75 Å². The highest BCUT2D eigenvalue weighted by atomic mass is 16.5. The molecule has 0 aliphatic heterocycles. The summed E-state index contributed by atoms with van der Waals surface area (Å²) in [6.07, 6.45) is 1.33. The number of methoxy groups -OCH3 is 1. The van der Waals surface area contributed by atoms with Crippen LogP contribution in [0, 0.1) is 6.92 Å². The fourth-order valence-electron chi connectivity index (χ4n) is 2.31. The second-order valence-corrected chi connectivity index (χ2v) is 5.31. The molecule has 0 fully saturated rings. The van der Waals surface area contributed by atoms with E-state index in [-0.39, 0.29) is 12.1 Å². The molecular formula is C17H16N4O4. The summed E-state index contributed by atoms with van der Waals surface area (Å²) in [6, 6.07) is 10.2. The van der Waals surface area contributed by atoms with Gasteiger partial charge >= 0.3 is 0 Å². The van der Waals surface area contributed by atoms with Crippen molar-refractivity contribution in [2.75, 3.05) is 12.4 Å². The normalized spacial score (nSPS) is 10.5. The Hall–Kier alpha value is -3.42. The summed E-state index contributed by atoms with van der Waals surface area (Å²) in [5.41, 5.74) is 0.838. The van der Waals surface area contributed by atoms with Crippen LogP contribution in [0.4, 0.5) is 5.82 Å². The van der Waals surface area contributed by atoms with Gasteiger partial charge in [0.25, 0.3) is 5.56 Å². The summed E-state index contributed by atoms with van der Waals surface area (Å²) in [4.78, 5) is 28.5. The summed E-state index contributed by atoms with van der Waals surface area (Å²) < 4.78 is 11.4. The number of para-hydroxylation sites is 1. The van der Waals surface area contributed by atoms with E-state index in [1.165, 1.54) is 17.0 Å². The van der Waals surface area contributed by atoms with Gasteiger partial charge in [0.1, 0.15) is 18.1 Å². The number of anilines is 1. The summed E-state index contributed by atoms with van der Waals surface area (Å²) in [5, 5.41) is 6.22. The van der Waals surface area contributed by atoms with Crippen LogP contribution in [0.15, 0.2) is 52.0 Å². The van der Waals surface area contributed by atoms with Crippen LogP contribution in [0.25, 0.3) is 11.3 Å². The van der Waals surface area contributed by atoms with E-state index in [4.69, 9.17) is 9.26 Å². The zero-order chi connectivity index (χ0) is 17.8. The van der Waals surface area contributed by atoms with Gasteiger partial charge in [-0.1, -0.05) is 17.3 Å². The minimum atomic E-state index is -0.401. The van der Waals surface area contributed by atoms with Gasteiger partial charge in [-0.05, 0) is 19.1 Å². The second kappa shape index (κ2) is 7.00. The minimum Gasteiger partial charge on any atom is -0.496 e. The summed E-state index contributed by atoms with van der Waals surface area (Å²) in [6.45, 7) is 1.54. The van der Waals surface area contributed by atoms with Crippen molar-refractivity contribution < 1.29 is 14.1 Å². The Labute approximate surface area is 143 Å². The molecule has 3 rings (SSSR count). The summed E-state index contributed by atoms with van der Waals surface area (Å²) in [5.74, 6) is 1.10. The smallest absolute Gasteiger partial charge is 0.254 e. The standard InChI is InChI=1S/C17H16N4O4/c1-11-7-15(20-25-11)19-16(22)9-21-10-18-13(8-17(21)23)12-5-3-4-6-14(12)24-2/h3-8,10H,9H2,1-2H3,(H,19,20,22). The molecule has 0 saturated heterocycles. The highest BCUT2D eigenvalue weighted by Gasteiger charge is 2.11. The number of carbonyl (C=O) groups is 1. The third-order valence-electron chi connectivity index (χ3n) is 3.47. The molecule has 0 aliphatic carbocycles. The Morgan fingerprint density at radius 3 is 2.80 bits per heavy atom. The molecule has 8 heteroatoms. The minimum absolute atomic E-state index is 0.177. The number of ether oxygens (including phenoxy) is 1. The maximum Gasteiger partial charge on any atom is 0.254 e. The fraction of sp³-hybridized carbons (Fsp3) is 0.176. The molecule has 8 nitrogen and oxygen atoms in total. The van der Waals surface area contributed by atoms with Crippen molar-refractivity contribution in [3.63, 3.8) is 0 Å². The SMILES string of the molecule is COc1ccccc1-c1cc(=O)n(CC(=O)Nc2cc(C)on2)cn1. The van der Waals surface area contributed by atoms with Gasteiger partial charge in [-0.2, -0.15) is 0 Å². The molecule has 0 radical (unpaired) electrons. The first kappa shape index (κ1) is 16.4. The number of rotatable bonds is 5. The zero-order valence-electron chi connectivity index (χ0n) is 13.7. The predicted molar refractivity (Wildman–Crippen MR) is 90.4 cm³/mol. The Kier molecular flexibility index (Phi) is 4.60. The molecule has 0 aliphatic rings. The van der Waals surface area contributed by atoms with E-state index in [0.717, 1.165) is 0 Å². The van der Waals surface area contributed by atoms with Gasteiger partial charge in [0, 0.05) is 17.7 Å². The average molecular weight is 340 g/mol. The van der Waals surface area contributed by atoms with Gasteiger partial charge in [-0.15, -0.1) is 0 Å². The van der Waals surface area contributed by atoms with E-state index in [0.29, 0.717) is 28.6 Å². The van der Waals surface area contributed by atoms with E-state index in [2.05, 4.69) is 15.5 Å². The fourth-order valence-corrected chi connectivity index (χ4v) is 2.31. The molecular weight excluding hydrogens is 324 g/mol. The lowest BCUT2D eigenvalue weighted by Crippen LogP contribution is -2.27. The van der Waals surface area contributed by atoms with Gasteiger partial charge < -0.3 is 14.6 Å². The molecule has 3 aromatic rings. The molecule has 1 N–H and O–H groups in total. The number of hydrogen-bond acceptors (Lipinski definition) is 6. The van der Waals surface area contributed by atoms with Crippen molar-refractivity contribution in [2.24, 2.45) is 0 Å². The first-order chi connectivity index (χ1) is 12.1. The number of benzene rings is 1. The molecule has 128 valence electrons. The summed E-state index contributed by atoms with van der Waals surface area (Å²) in [7, 11) is 1.55. The van der Waals surface area contributed by atoms with Crippen molar-refractivity contribution in [1.82, 2.24) is 14.7 Å². The van der Waals surface area contributed by atoms with Crippen LogP contribution in [-0.4, -0.2) is 27.7 Å². The Bertz CT molecular complexity index is 961. The Balaban J connectivity index is 1.78. The van der Waals surface area contributed by atoms with E-state index in [9.17, 15) is 9.59 Å². The Morgan fingerprint density at radius 2 is 2.12 bits per heavy atom. The van der Waals surface area contributed by atoms with Crippen molar-refractivity contribution in [1.29, 1.82) is 0 Å². The van der Waals surface area contributed by atoms with Crippen LogP contribution in [0.3, 0.4) is 0 Å². The van der Waals surface area contributed by atoms with Crippen molar-refractivity contribution in [2.45, 2.75) is 13.5 Å². The average Bonchev–Trinajstić information content (AvgIpc) is 3.01. The number of aryl methyl sites for hydroxylation is 1. The zero-order valence-corrected chi connectivity index (χ0v) is 13.7. The number of amides is 1. The van der Waals surface area contributed by atoms with Crippen LogP contribution in [0.2, 0.25) is 0 Å². The van der Waals surface area contributed by atoms with Crippen LogP contribution < -0.4 is 15.6 Å². The van der Waals surface area contributed by atoms with Crippen LogP contribution in [0.1, 0.15) is 5.76 Å². The highest BCUT2D eigenvalue weighted by molar-refractivity contribution is 5.89. The number of aromatic nitrogens is 3. The lowest BCUT2D eigenvalue weighted by molar-refractivity contribution is -0.116. The molecule has 0 unspecified atom stereocenters. The lowest BCUT2D eigenvalue weighted by atomic mass is 10.1. The maximum absolute atomic E-state index is 12.3. The van der Waals surface area contributed by atoms with E-state index < -0.39 is 5.91 Å². The van der Waals surface area contributed by atoms with Gasteiger partial charge in [-0.25, -0.2) is 4.98 Å². The molecule has 0 spiro atoms. The molecule has 25 heavy (non-hydrogen) atoms. The molecule has 0 saturated carbocycles.